The Morgan fingerprint density at radius 2 is 1.48 bits per heavy atom. The highest BCUT2D eigenvalue weighted by atomic mass is 35.5. The van der Waals surface area contributed by atoms with Crippen LogP contribution in [0, 0.1) is 0 Å². The predicted octanol–water partition coefficient (Wildman–Crippen LogP) is 3.34. The van der Waals surface area contributed by atoms with Crippen molar-refractivity contribution >= 4 is 29.9 Å². The monoisotopic (exact) mass is 356 g/mol. The number of nitrogens with zero attached hydrogens (tertiary/aromatic N) is 2. The Hall–Kier alpha value is -2.17. The molecule has 2 aliphatic heterocycles. The van der Waals surface area contributed by atoms with Crippen molar-refractivity contribution in [2.24, 2.45) is 0 Å². The average molecular weight is 357 g/mol. The van der Waals surface area contributed by atoms with Crippen molar-refractivity contribution in [2.75, 3.05) is 18.5 Å². The number of anilines is 1. The van der Waals surface area contributed by atoms with Crippen LogP contribution < -0.4 is 4.90 Å². The average Bonchev–Trinajstić information content (AvgIpc) is 2.92. The van der Waals surface area contributed by atoms with Crippen molar-refractivity contribution < 1.29 is 9.59 Å². The third kappa shape index (κ3) is 3.08. The van der Waals surface area contributed by atoms with E-state index >= 15 is 0 Å². The first-order valence-corrected chi connectivity index (χ1v) is 8.36. The van der Waals surface area contributed by atoms with E-state index in [0.717, 1.165) is 24.3 Å². The molecule has 0 bridgehead atoms. The molecule has 1 unspecified atom stereocenters. The van der Waals surface area contributed by atoms with E-state index in [1.54, 1.807) is 0 Å². The van der Waals surface area contributed by atoms with Crippen LogP contribution in [0.2, 0.25) is 0 Å². The molecule has 2 amide bonds. The van der Waals surface area contributed by atoms with Gasteiger partial charge in [0.15, 0.2) is 0 Å². The molecule has 2 aromatic rings. The van der Waals surface area contributed by atoms with Gasteiger partial charge in [0.25, 0.3) is 0 Å². The maximum atomic E-state index is 12.2. The van der Waals surface area contributed by atoms with E-state index in [1.165, 1.54) is 16.0 Å². The summed E-state index contributed by atoms with van der Waals surface area (Å²) in [6.07, 6.45) is 0.628. The van der Waals surface area contributed by atoms with Gasteiger partial charge in [-0.1, -0.05) is 42.5 Å². The fraction of sp³-hybridized carbons (Fsp3) is 0.300. The molecule has 1 atom stereocenters. The van der Waals surface area contributed by atoms with Crippen LogP contribution in [-0.2, 0) is 16.1 Å². The van der Waals surface area contributed by atoms with E-state index in [4.69, 9.17) is 0 Å². The standard InChI is InChI=1S/C20H20N2O2.ClH/c1-21-12-14-6-2-3-7-15(14)17(13-21)16-8-4-5-9-18(16)22-19(23)10-11-20(22)24;/h2-9,17H,10-13H2,1H3;1H. The summed E-state index contributed by atoms with van der Waals surface area (Å²) in [5.41, 5.74) is 4.41. The van der Waals surface area contributed by atoms with Crippen molar-refractivity contribution in [2.45, 2.75) is 25.3 Å². The first-order valence-electron chi connectivity index (χ1n) is 8.36. The lowest BCUT2D eigenvalue weighted by Gasteiger charge is -2.34. The molecule has 2 aromatic carbocycles. The molecule has 0 saturated carbocycles. The van der Waals surface area contributed by atoms with Crippen molar-refractivity contribution in [3.05, 3.63) is 65.2 Å². The zero-order chi connectivity index (χ0) is 16.7. The third-order valence-electron chi connectivity index (χ3n) is 4.97. The van der Waals surface area contributed by atoms with Gasteiger partial charge in [-0.25, -0.2) is 0 Å². The van der Waals surface area contributed by atoms with Crippen molar-refractivity contribution in [1.82, 2.24) is 4.90 Å². The molecule has 4 rings (SSSR count). The number of rotatable bonds is 2. The minimum atomic E-state index is -0.0927. The number of carbonyl (C=O) groups is 2. The molecule has 130 valence electrons. The van der Waals surface area contributed by atoms with E-state index in [0.29, 0.717) is 12.8 Å². The first kappa shape index (κ1) is 17.6. The molecule has 0 aromatic heterocycles. The molecule has 25 heavy (non-hydrogen) atoms. The van der Waals surface area contributed by atoms with Gasteiger partial charge in [0.1, 0.15) is 0 Å². The smallest absolute Gasteiger partial charge is 0.234 e. The molecule has 4 nitrogen and oxygen atoms in total. The molecule has 2 heterocycles. The second kappa shape index (κ2) is 6.98. The van der Waals surface area contributed by atoms with Gasteiger partial charge in [0.05, 0.1) is 5.69 Å². The Labute approximate surface area is 153 Å². The molecule has 0 N–H and O–H groups in total. The van der Waals surface area contributed by atoms with E-state index in [-0.39, 0.29) is 30.1 Å². The second-order valence-electron chi connectivity index (χ2n) is 6.63. The van der Waals surface area contributed by atoms with Gasteiger partial charge in [-0.3, -0.25) is 14.5 Å². The molecule has 1 fully saturated rings. The summed E-state index contributed by atoms with van der Waals surface area (Å²) in [5, 5.41) is 0. The normalized spacial score (nSPS) is 20.4. The van der Waals surface area contributed by atoms with Gasteiger partial charge in [-0.2, -0.15) is 0 Å². The summed E-state index contributed by atoms with van der Waals surface area (Å²) < 4.78 is 0. The lowest BCUT2D eigenvalue weighted by Crippen LogP contribution is -2.34. The van der Waals surface area contributed by atoms with E-state index in [1.807, 2.05) is 18.2 Å². The Balaban J connectivity index is 0.00000182. The maximum Gasteiger partial charge on any atom is 0.234 e. The minimum Gasteiger partial charge on any atom is -0.301 e. The summed E-state index contributed by atoms with van der Waals surface area (Å²) in [5.74, 6) is -0.0212. The molecule has 0 spiro atoms. The lowest BCUT2D eigenvalue weighted by molar-refractivity contribution is -0.121. The highest BCUT2D eigenvalue weighted by Gasteiger charge is 2.34. The Morgan fingerprint density at radius 1 is 0.880 bits per heavy atom. The molecule has 2 aliphatic rings. The molecular weight excluding hydrogens is 336 g/mol. The van der Waals surface area contributed by atoms with Crippen LogP contribution in [0.1, 0.15) is 35.4 Å². The highest BCUT2D eigenvalue weighted by Crippen LogP contribution is 2.38. The molecule has 5 heteroatoms. The van der Waals surface area contributed by atoms with Crippen LogP contribution in [0.25, 0.3) is 0 Å². The van der Waals surface area contributed by atoms with Gasteiger partial charge in [-0.15, -0.1) is 12.4 Å². The zero-order valence-corrected chi connectivity index (χ0v) is 15.0. The SMILES string of the molecule is CN1Cc2ccccc2C(c2ccccc2N2C(=O)CCC2=O)C1.Cl. The lowest BCUT2D eigenvalue weighted by atomic mass is 9.84. The van der Waals surface area contributed by atoms with Crippen LogP contribution in [0.15, 0.2) is 48.5 Å². The van der Waals surface area contributed by atoms with Crippen LogP contribution >= 0.6 is 12.4 Å². The zero-order valence-electron chi connectivity index (χ0n) is 14.1. The fourth-order valence-electron chi connectivity index (χ4n) is 3.88. The molecule has 0 radical (unpaired) electrons. The van der Waals surface area contributed by atoms with Gasteiger partial charge in [0.2, 0.25) is 11.8 Å². The highest BCUT2D eigenvalue weighted by molar-refractivity contribution is 6.20. The topological polar surface area (TPSA) is 40.6 Å². The second-order valence-corrected chi connectivity index (χ2v) is 6.63. The number of para-hydroxylation sites is 1. The number of hydrogen-bond donors (Lipinski definition) is 0. The number of amides is 2. The molecule has 0 aliphatic carbocycles. The quantitative estimate of drug-likeness (QED) is 0.775. The van der Waals surface area contributed by atoms with Crippen molar-refractivity contribution in [3.8, 4) is 0 Å². The summed E-state index contributed by atoms with van der Waals surface area (Å²) >= 11 is 0. The number of imide groups is 1. The number of fused-ring (bicyclic) bond motifs is 1. The Bertz CT molecular complexity index is 805. The number of benzene rings is 2. The van der Waals surface area contributed by atoms with E-state index in [9.17, 15) is 9.59 Å². The van der Waals surface area contributed by atoms with Crippen LogP contribution in [-0.4, -0.2) is 30.3 Å². The van der Waals surface area contributed by atoms with Crippen molar-refractivity contribution in [1.29, 1.82) is 0 Å². The fourth-order valence-corrected chi connectivity index (χ4v) is 3.88. The number of hydrogen-bond acceptors (Lipinski definition) is 3. The maximum absolute atomic E-state index is 12.2. The number of likely N-dealkylation sites (N-methyl/N-ethyl adjacent to an activating group) is 1. The van der Waals surface area contributed by atoms with Crippen molar-refractivity contribution in [3.63, 3.8) is 0 Å². The Kier molecular flexibility index (Phi) is 4.93. The summed E-state index contributed by atoms with van der Waals surface area (Å²) in [7, 11) is 2.11. The number of halogens is 1. The van der Waals surface area contributed by atoms with Crippen LogP contribution in [0.4, 0.5) is 5.69 Å². The third-order valence-corrected chi connectivity index (χ3v) is 4.97. The van der Waals surface area contributed by atoms with Gasteiger partial charge >= 0.3 is 0 Å². The minimum absolute atomic E-state index is 0. The summed E-state index contributed by atoms with van der Waals surface area (Å²) in [4.78, 5) is 28.1. The Morgan fingerprint density at radius 3 is 2.20 bits per heavy atom. The first-order chi connectivity index (χ1) is 11.6. The summed E-state index contributed by atoms with van der Waals surface area (Å²) in [6, 6.07) is 16.3. The van der Waals surface area contributed by atoms with Gasteiger partial charge in [-0.05, 0) is 29.8 Å². The predicted molar refractivity (Wildman–Crippen MR) is 100 cm³/mol. The molecular formula is C20H21ClN2O2. The van der Waals surface area contributed by atoms with Gasteiger partial charge < -0.3 is 4.90 Å². The van der Waals surface area contributed by atoms with Gasteiger partial charge in [0, 0.05) is 31.8 Å². The molecule has 1 saturated heterocycles. The summed E-state index contributed by atoms with van der Waals surface area (Å²) in [6.45, 7) is 1.81. The van der Waals surface area contributed by atoms with E-state index < -0.39 is 0 Å². The van der Waals surface area contributed by atoms with E-state index in [2.05, 4.69) is 42.3 Å². The van der Waals surface area contributed by atoms with Crippen LogP contribution in [0.3, 0.4) is 0 Å². The number of carbonyl (C=O) groups excluding carboxylic acids is 2. The van der Waals surface area contributed by atoms with Crippen LogP contribution in [0.5, 0.6) is 0 Å². The largest absolute Gasteiger partial charge is 0.301 e.